The molecule has 0 saturated carbocycles. The molecule has 0 saturated heterocycles. The molecule has 1 N–H and O–H groups in total. The minimum Gasteiger partial charge on any atom is -0.346 e. The van der Waals surface area contributed by atoms with E-state index in [0.717, 1.165) is 5.69 Å². The van der Waals surface area contributed by atoms with Gasteiger partial charge in [0.05, 0.1) is 23.6 Å². The summed E-state index contributed by atoms with van der Waals surface area (Å²) in [5, 5.41) is 7.41. The van der Waals surface area contributed by atoms with E-state index in [1.54, 1.807) is 22.9 Å². The van der Waals surface area contributed by atoms with Gasteiger partial charge in [-0.2, -0.15) is 5.10 Å². The summed E-state index contributed by atoms with van der Waals surface area (Å²) in [5.74, 6) is -0.244. The number of aromatic nitrogens is 3. The monoisotopic (exact) mass is 345 g/mol. The number of benzene rings is 1. The SMILES string of the molecule is [C-]#[N+]c1ccc(-c2cc(C(=O)NC(C)(C)C)nn2-c2ccccc2)nc1. The first-order chi connectivity index (χ1) is 12.4. The molecule has 26 heavy (non-hydrogen) atoms. The normalized spacial score (nSPS) is 11.0. The molecule has 0 aliphatic carbocycles. The molecule has 3 aromatic rings. The highest BCUT2D eigenvalue weighted by Gasteiger charge is 2.21. The largest absolute Gasteiger partial charge is 0.346 e. The van der Waals surface area contributed by atoms with Crippen molar-refractivity contribution < 1.29 is 4.79 Å². The van der Waals surface area contributed by atoms with Crippen LogP contribution < -0.4 is 5.32 Å². The van der Waals surface area contributed by atoms with Crippen LogP contribution in [0.4, 0.5) is 5.69 Å². The average molecular weight is 345 g/mol. The van der Waals surface area contributed by atoms with Crippen LogP contribution in [0.2, 0.25) is 0 Å². The molecule has 2 aromatic heterocycles. The standard InChI is InChI=1S/C20H19N5O/c1-20(2,3)23-19(26)17-12-18(16-11-10-14(21-4)13-22-16)25(24-17)15-8-6-5-7-9-15/h5-13H,1-3H3,(H,23,26). The molecule has 0 aliphatic rings. The number of carbonyl (C=O) groups is 1. The Bertz CT molecular complexity index is 960. The van der Waals surface area contributed by atoms with E-state index in [4.69, 9.17) is 6.57 Å². The summed E-state index contributed by atoms with van der Waals surface area (Å²) < 4.78 is 1.69. The van der Waals surface area contributed by atoms with Crippen LogP contribution in [0.5, 0.6) is 0 Å². The molecule has 0 radical (unpaired) electrons. The van der Waals surface area contributed by atoms with Crippen molar-refractivity contribution in [1.29, 1.82) is 0 Å². The van der Waals surface area contributed by atoms with E-state index in [-0.39, 0.29) is 11.4 Å². The molecule has 0 bridgehead atoms. The number of rotatable bonds is 3. The zero-order chi connectivity index (χ0) is 18.7. The molecule has 2 heterocycles. The second kappa shape index (κ2) is 6.81. The van der Waals surface area contributed by atoms with Gasteiger partial charge in [-0.3, -0.25) is 9.78 Å². The van der Waals surface area contributed by atoms with E-state index in [9.17, 15) is 4.79 Å². The number of hydrogen-bond donors (Lipinski definition) is 1. The summed E-state index contributed by atoms with van der Waals surface area (Å²) >= 11 is 0. The van der Waals surface area contributed by atoms with Crippen molar-refractivity contribution in [3.05, 3.63) is 71.8 Å². The lowest BCUT2D eigenvalue weighted by atomic mass is 10.1. The first-order valence-electron chi connectivity index (χ1n) is 8.19. The lowest BCUT2D eigenvalue weighted by Crippen LogP contribution is -2.40. The predicted molar refractivity (Wildman–Crippen MR) is 100 cm³/mol. The Hall–Kier alpha value is -3.46. The van der Waals surface area contributed by atoms with Crippen LogP contribution in [0.15, 0.2) is 54.7 Å². The molecule has 6 heteroatoms. The fraction of sp³-hybridized carbons (Fsp3) is 0.200. The minimum atomic E-state index is -0.358. The maximum Gasteiger partial charge on any atom is 0.272 e. The van der Waals surface area contributed by atoms with Crippen LogP contribution in [0.1, 0.15) is 31.3 Å². The van der Waals surface area contributed by atoms with Gasteiger partial charge in [0, 0.05) is 11.7 Å². The van der Waals surface area contributed by atoms with Gasteiger partial charge in [0.1, 0.15) is 0 Å². The van der Waals surface area contributed by atoms with Gasteiger partial charge in [-0.15, -0.1) is 0 Å². The fourth-order valence-electron chi connectivity index (χ4n) is 2.45. The van der Waals surface area contributed by atoms with Gasteiger partial charge in [-0.05, 0) is 45.0 Å². The third-order valence-corrected chi connectivity index (χ3v) is 3.57. The van der Waals surface area contributed by atoms with Crippen molar-refractivity contribution in [2.75, 3.05) is 0 Å². The van der Waals surface area contributed by atoms with Gasteiger partial charge in [-0.1, -0.05) is 24.3 Å². The summed E-state index contributed by atoms with van der Waals surface area (Å²) in [4.78, 5) is 20.2. The van der Waals surface area contributed by atoms with E-state index >= 15 is 0 Å². The molecule has 1 aromatic carbocycles. The molecule has 0 atom stereocenters. The van der Waals surface area contributed by atoms with Crippen molar-refractivity contribution >= 4 is 11.6 Å². The van der Waals surface area contributed by atoms with Crippen LogP contribution in [0.3, 0.4) is 0 Å². The second-order valence-electron chi connectivity index (χ2n) is 6.88. The average Bonchev–Trinajstić information content (AvgIpc) is 3.07. The molecule has 130 valence electrons. The number of amides is 1. The Morgan fingerprint density at radius 1 is 1.15 bits per heavy atom. The Morgan fingerprint density at radius 3 is 2.46 bits per heavy atom. The first kappa shape index (κ1) is 17.4. The summed E-state index contributed by atoms with van der Waals surface area (Å²) in [5.41, 5.74) is 2.58. The topological polar surface area (TPSA) is 64.2 Å². The van der Waals surface area contributed by atoms with Gasteiger partial charge in [0.25, 0.3) is 5.91 Å². The van der Waals surface area contributed by atoms with E-state index in [0.29, 0.717) is 22.8 Å². The summed E-state index contributed by atoms with van der Waals surface area (Å²) in [6.07, 6.45) is 1.51. The third kappa shape index (κ3) is 3.78. The molecule has 1 amide bonds. The third-order valence-electron chi connectivity index (χ3n) is 3.57. The number of pyridine rings is 1. The van der Waals surface area contributed by atoms with Crippen LogP contribution in [0.25, 0.3) is 21.9 Å². The van der Waals surface area contributed by atoms with E-state index in [1.807, 2.05) is 51.1 Å². The molecule has 3 rings (SSSR count). The Morgan fingerprint density at radius 2 is 1.88 bits per heavy atom. The number of nitrogens with one attached hydrogen (secondary N) is 1. The molecular weight excluding hydrogens is 326 g/mol. The van der Waals surface area contributed by atoms with Crippen molar-refractivity contribution in [1.82, 2.24) is 20.1 Å². The molecule has 0 fully saturated rings. The Kier molecular flexibility index (Phi) is 4.55. The zero-order valence-corrected chi connectivity index (χ0v) is 14.9. The number of para-hydroxylation sites is 1. The predicted octanol–water partition coefficient (Wildman–Crippen LogP) is 4.01. The highest BCUT2D eigenvalue weighted by Crippen LogP contribution is 2.24. The van der Waals surface area contributed by atoms with E-state index in [1.165, 1.54) is 6.20 Å². The van der Waals surface area contributed by atoms with E-state index in [2.05, 4.69) is 20.2 Å². The quantitative estimate of drug-likeness (QED) is 0.729. The first-order valence-corrected chi connectivity index (χ1v) is 8.19. The van der Waals surface area contributed by atoms with Gasteiger partial charge in [0.2, 0.25) is 5.69 Å². The molecule has 0 spiro atoms. The highest BCUT2D eigenvalue weighted by atomic mass is 16.2. The second-order valence-corrected chi connectivity index (χ2v) is 6.88. The van der Waals surface area contributed by atoms with Crippen molar-refractivity contribution in [3.8, 4) is 17.1 Å². The van der Waals surface area contributed by atoms with Crippen LogP contribution in [-0.2, 0) is 0 Å². The lowest BCUT2D eigenvalue weighted by Gasteiger charge is -2.19. The maximum atomic E-state index is 12.5. The lowest BCUT2D eigenvalue weighted by molar-refractivity contribution is 0.0914. The zero-order valence-electron chi connectivity index (χ0n) is 14.9. The van der Waals surface area contributed by atoms with Crippen LogP contribution in [0, 0.1) is 6.57 Å². The summed E-state index contributed by atoms with van der Waals surface area (Å²) in [6.45, 7) is 12.8. The smallest absolute Gasteiger partial charge is 0.272 e. The summed E-state index contributed by atoms with van der Waals surface area (Å²) in [6, 6.07) is 14.7. The molecule has 0 unspecified atom stereocenters. The molecular formula is C20H19N5O. The Labute approximate surface area is 152 Å². The fourth-order valence-corrected chi connectivity index (χ4v) is 2.45. The highest BCUT2D eigenvalue weighted by molar-refractivity contribution is 5.94. The number of carbonyl (C=O) groups excluding carboxylic acids is 1. The maximum absolute atomic E-state index is 12.5. The molecule has 6 nitrogen and oxygen atoms in total. The minimum absolute atomic E-state index is 0.244. The van der Waals surface area contributed by atoms with Crippen molar-refractivity contribution in [2.24, 2.45) is 0 Å². The number of nitrogens with zero attached hydrogens (tertiary/aromatic N) is 4. The van der Waals surface area contributed by atoms with Gasteiger partial charge < -0.3 is 5.32 Å². The van der Waals surface area contributed by atoms with Gasteiger partial charge >= 0.3 is 0 Å². The summed E-state index contributed by atoms with van der Waals surface area (Å²) in [7, 11) is 0. The van der Waals surface area contributed by atoms with Crippen molar-refractivity contribution in [2.45, 2.75) is 26.3 Å². The van der Waals surface area contributed by atoms with Gasteiger partial charge in [0.15, 0.2) is 5.69 Å². The van der Waals surface area contributed by atoms with Gasteiger partial charge in [-0.25, -0.2) is 9.53 Å². The van der Waals surface area contributed by atoms with E-state index < -0.39 is 0 Å². The van der Waals surface area contributed by atoms with Crippen molar-refractivity contribution in [3.63, 3.8) is 0 Å². The van der Waals surface area contributed by atoms with Crippen LogP contribution >= 0.6 is 0 Å². The Balaban J connectivity index is 2.09. The number of hydrogen-bond acceptors (Lipinski definition) is 3. The molecule has 0 aliphatic heterocycles. The van der Waals surface area contributed by atoms with Crippen LogP contribution in [-0.4, -0.2) is 26.2 Å².